The van der Waals surface area contributed by atoms with Crippen LogP contribution >= 0.6 is 10.7 Å². The normalized spacial score (nSPS) is 12.4. The van der Waals surface area contributed by atoms with E-state index in [-0.39, 0.29) is 6.54 Å². The van der Waals surface area contributed by atoms with E-state index < -0.39 is 34.7 Å². The fraction of sp³-hybridized carbons (Fsp3) is 0.200. The van der Waals surface area contributed by atoms with Gasteiger partial charge in [0.2, 0.25) is 10.0 Å². The molecular weight excluding hydrogens is 317 g/mol. The van der Waals surface area contributed by atoms with Crippen LogP contribution in [0, 0.1) is 18.2 Å². The molecule has 0 atom stereocenters. The number of nitrogens with zero attached hydrogens (tertiary/aromatic N) is 1. The molecule has 1 rings (SSSR count). The van der Waals surface area contributed by atoms with Gasteiger partial charge in [-0.25, -0.2) is 21.2 Å². The smallest absolute Gasteiger partial charge is 0.207 e. The maximum absolute atomic E-state index is 13.7. The fourth-order valence-corrected chi connectivity index (χ4v) is 3.11. The molecule has 104 valence electrons. The molecule has 9 heteroatoms. The van der Waals surface area contributed by atoms with E-state index in [0.717, 1.165) is 16.4 Å². The molecule has 0 spiro atoms. The van der Waals surface area contributed by atoms with Crippen LogP contribution in [0.3, 0.4) is 0 Å². The van der Waals surface area contributed by atoms with Crippen molar-refractivity contribution in [2.75, 3.05) is 13.6 Å². The first-order valence-electron chi connectivity index (χ1n) is 4.74. The van der Waals surface area contributed by atoms with Crippen molar-refractivity contribution in [1.29, 1.82) is 0 Å². The Hall–Kier alpha value is -1.14. The molecule has 0 saturated carbocycles. The van der Waals surface area contributed by atoms with E-state index in [4.69, 9.17) is 17.1 Å². The van der Waals surface area contributed by atoms with E-state index in [1.807, 2.05) is 0 Å². The monoisotopic (exact) mass is 325 g/mol. The summed E-state index contributed by atoms with van der Waals surface area (Å²) in [6.45, 7) is -0.239. The fourth-order valence-electron chi connectivity index (χ4n) is 1.22. The summed E-state index contributed by atoms with van der Waals surface area (Å²) in [4.78, 5) is -1.19. The van der Waals surface area contributed by atoms with E-state index in [2.05, 4.69) is 5.92 Å². The number of hydrogen-bond donors (Lipinski definition) is 0. The maximum atomic E-state index is 13.7. The van der Waals surface area contributed by atoms with Crippen molar-refractivity contribution in [1.82, 2.24) is 4.31 Å². The van der Waals surface area contributed by atoms with Gasteiger partial charge in [0, 0.05) is 17.7 Å². The second kappa shape index (κ2) is 5.46. The van der Waals surface area contributed by atoms with Crippen molar-refractivity contribution in [2.24, 2.45) is 0 Å². The SMILES string of the molecule is C#CCN(C)S(=O)(=O)c1ccc(S(=O)(=O)Cl)cc1F. The predicted molar refractivity (Wildman–Crippen MR) is 68.1 cm³/mol. The Kier molecular flexibility index (Phi) is 4.58. The molecule has 0 bridgehead atoms. The molecule has 0 aliphatic heterocycles. The van der Waals surface area contributed by atoms with Gasteiger partial charge in [0.1, 0.15) is 10.7 Å². The lowest BCUT2D eigenvalue weighted by atomic mass is 10.3. The Morgan fingerprint density at radius 3 is 2.37 bits per heavy atom. The zero-order chi connectivity index (χ0) is 14.8. The quantitative estimate of drug-likeness (QED) is 0.612. The largest absolute Gasteiger partial charge is 0.261 e. The Labute approximate surface area is 115 Å². The second-order valence-corrected chi connectivity index (χ2v) is 8.07. The first kappa shape index (κ1) is 15.9. The van der Waals surface area contributed by atoms with Gasteiger partial charge in [-0.2, -0.15) is 4.31 Å². The minimum atomic E-state index is -4.13. The predicted octanol–water partition coefficient (Wildman–Crippen LogP) is 1.01. The third-order valence-corrected chi connectivity index (χ3v) is 5.38. The van der Waals surface area contributed by atoms with E-state index in [1.165, 1.54) is 7.05 Å². The van der Waals surface area contributed by atoms with Gasteiger partial charge in [0.05, 0.1) is 11.4 Å². The van der Waals surface area contributed by atoms with Gasteiger partial charge in [-0.15, -0.1) is 6.42 Å². The summed E-state index contributed by atoms with van der Waals surface area (Å²) in [6.07, 6.45) is 4.98. The molecule has 19 heavy (non-hydrogen) atoms. The highest BCUT2D eigenvalue weighted by Gasteiger charge is 2.25. The number of hydrogen-bond acceptors (Lipinski definition) is 4. The van der Waals surface area contributed by atoms with E-state index in [9.17, 15) is 21.2 Å². The van der Waals surface area contributed by atoms with Gasteiger partial charge < -0.3 is 0 Å². The van der Waals surface area contributed by atoms with Crippen LogP contribution in [-0.2, 0) is 19.1 Å². The van der Waals surface area contributed by atoms with Crippen molar-refractivity contribution >= 4 is 29.8 Å². The van der Waals surface area contributed by atoms with E-state index >= 15 is 0 Å². The van der Waals surface area contributed by atoms with Crippen LogP contribution in [0.1, 0.15) is 0 Å². The van der Waals surface area contributed by atoms with Crippen molar-refractivity contribution in [3.8, 4) is 12.3 Å². The van der Waals surface area contributed by atoms with Crippen LogP contribution in [0.2, 0.25) is 0 Å². The summed E-state index contributed by atoms with van der Waals surface area (Å²) in [5.41, 5.74) is 0. The van der Waals surface area contributed by atoms with Gasteiger partial charge in [-0.05, 0) is 18.2 Å². The third kappa shape index (κ3) is 3.45. The lowest BCUT2D eigenvalue weighted by Gasteiger charge is -2.14. The van der Waals surface area contributed by atoms with Gasteiger partial charge in [0.15, 0.2) is 0 Å². The Bertz CT molecular complexity index is 737. The minimum absolute atomic E-state index is 0.239. The molecular formula is C10H9ClFNO4S2. The molecule has 0 fully saturated rings. The molecule has 0 unspecified atom stereocenters. The van der Waals surface area contributed by atoms with Crippen LogP contribution in [0.4, 0.5) is 4.39 Å². The first-order valence-corrected chi connectivity index (χ1v) is 8.49. The van der Waals surface area contributed by atoms with E-state index in [0.29, 0.717) is 6.07 Å². The average molecular weight is 326 g/mol. The number of halogens is 2. The summed E-state index contributed by atoms with van der Waals surface area (Å²) < 4.78 is 60.3. The Morgan fingerprint density at radius 1 is 1.37 bits per heavy atom. The second-order valence-electron chi connectivity index (χ2n) is 3.50. The lowest BCUT2D eigenvalue weighted by molar-refractivity contribution is 0.491. The van der Waals surface area contributed by atoms with Crippen molar-refractivity contribution < 1.29 is 21.2 Å². The topological polar surface area (TPSA) is 71.5 Å². The van der Waals surface area contributed by atoms with Gasteiger partial charge >= 0.3 is 0 Å². The van der Waals surface area contributed by atoms with Crippen molar-refractivity contribution in [2.45, 2.75) is 9.79 Å². The molecule has 1 aromatic rings. The number of rotatable bonds is 4. The van der Waals surface area contributed by atoms with Crippen molar-refractivity contribution in [3.05, 3.63) is 24.0 Å². The van der Waals surface area contributed by atoms with Crippen molar-refractivity contribution in [3.63, 3.8) is 0 Å². The minimum Gasteiger partial charge on any atom is -0.207 e. The molecule has 1 aromatic carbocycles. The van der Waals surface area contributed by atoms with Crippen LogP contribution in [0.25, 0.3) is 0 Å². The maximum Gasteiger partial charge on any atom is 0.261 e. The van der Waals surface area contributed by atoms with Gasteiger partial charge in [-0.3, -0.25) is 0 Å². The molecule has 0 aliphatic rings. The highest BCUT2D eigenvalue weighted by molar-refractivity contribution is 8.13. The molecule has 0 heterocycles. The number of sulfonamides is 1. The molecule has 0 radical (unpaired) electrons. The van der Waals surface area contributed by atoms with Crippen LogP contribution in [0.5, 0.6) is 0 Å². The highest BCUT2D eigenvalue weighted by Crippen LogP contribution is 2.23. The first-order chi connectivity index (χ1) is 8.60. The number of benzene rings is 1. The Morgan fingerprint density at radius 2 is 1.95 bits per heavy atom. The highest BCUT2D eigenvalue weighted by atomic mass is 35.7. The van der Waals surface area contributed by atoms with Crippen LogP contribution in [0.15, 0.2) is 28.0 Å². The summed E-state index contributed by atoms with van der Waals surface area (Å²) >= 11 is 0. The average Bonchev–Trinajstić information content (AvgIpc) is 2.27. The molecule has 0 amide bonds. The lowest BCUT2D eigenvalue weighted by Crippen LogP contribution is -2.28. The summed E-state index contributed by atoms with van der Waals surface area (Å²) in [7, 11) is -2.03. The van der Waals surface area contributed by atoms with Gasteiger partial charge in [0.25, 0.3) is 9.05 Å². The summed E-state index contributed by atoms with van der Waals surface area (Å²) in [5.74, 6) is 0.889. The zero-order valence-corrected chi connectivity index (χ0v) is 12.1. The van der Waals surface area contributed by atoms with Crippen LogP contribution in [-0.4, -0.2) is 34.7 Å². The molecule has 0 saturated heterocycles. The molecule has 0 aliphatic carbocycles. The summed E-state index contributed by atoms with van der Waals surface area (Å²) in [5, 5.41) is 0. The third-order valence-electron chi connectivity index (χ3n) is 2.19. The molecule has 0 aromatic heterocycles. The molecule has 0 N–H and O–H groups in total. The van der Waals surface area contributed by atoms with Gasteiger partial charge in [-0.1, -0.05) is 5.92 Å². The Balaban J connectivity index is 3.36. The van der Waals surface area contributed by atoms with Crippen LogP contribution < -0.4 is 0 Å². The standard InChI is InChI=1S/C10H9ClFNO4S2/c1-3-6-13(2)19(16,17)10-5-4-8(7-9(10)12)18(11,14)15/h1,4-5,7H,6H2,2H3. The zero-order valence-electron chi connectivity index (χ0n) is 9.67. The van der Waals surface area contributed by atoms with E-state index in [1.54, 1.807) is 0 Å². The number of terminal acetylenes is 1. The summed E-state index contributed by atoms with van der Waals surface area (Å²) in [6, 6.07) is 2.27. The molecule has 5 nitrogen and oxygen atoms in total.